The summed E-state index contributed by atoms with van der Waals surface area (Å²) >= 11 is 0. The Morgan fingerprint density at radius 1 is 1.14 bits per heavy atom. The van der Waals surface area contributed by atoms with Crippen LogP contribution in [0.5, 0.6) is 0 Å². The second kappa shape index (κ2) is 1.12. The van der Waals surface area contributed by atoms with Gasteiger partial charge in [-0.25, -0.2) is 0 Å². The lowest BCUT2D eigenvalue weighted by atomic mass is 9.89. The Morgan fingerprint density at radius 3 is 1.57 bits per heavy atom. The highest BCUT2D eigenvalue weighted by atomic mass is 14.3. The van der Waals surface area contributed by atoms with Crippen LogP contribution >= 0.6 is 0 Å². The van der Waals surface area contributed by atoms with Gasteiger partial charge in [0, 0.05) is 0 Å². The van der Waals surface area contributed by atoms with E-state index in [9.17, 15) is 0 Å². The maximum Gasteiger partial charge on any atom is -0.000444 e. The van der Waals surface area contributed by atoms with Crippen molar-refractivity contribution in [3.63, 3.8) is 0 Å². The molecule has 0 aromatic rings. The molecule has 0 radical (unpaired) electrons. The molecule has 0 amide bonds. The zero-order valence-corrected chi connectivity index (χ0v) is 5.23. The topological polar surface area (TPSA) is 0 Å². The molecule has 0 aliphatic heterocycles. The minimum absolute atomic E-state index is 0.500. The molecular formula is C7H12. The van der Waals surface area contributed by atoms with E-state index in [-0.39, 0.29) is 0 Å². The summed E-state index contributed by atoms with van der Waals surface area (Å²) in [5.41, 5.74) is 0.500. The van der Waals surface area contributed by atoms with E-state index in [1.165, 1.54) is 0 Å². The van der Waals surface area contributed by atoms with Gasteiger partial charge in [-0.2, -0.15) is 0 Å². The molecule has 0 fully saturated rings. The standard InChI is InChI=1S/C7H12/c1-7(2,3)6-4-5-6/h4-6H,1-3H3. The minimum Gasteiger partial charge on any atom is -0.0805 e. The Bertz CT molecular complexity index is 87.1. The molecule has 40 valence electrons. The fourth-order valence-corrected chi connectivity index (χ4v) is 0.633. The zero-order valence-electron chi connectivity index (χ0n) is 5.23. The average Bonchev–Trinajstić information content (AvgIpc) is 1.99. The summed E-state index contributed by atoms with van der Waals surface area (Å²) in [5.74, 6) is 0.799. The fourth-order valence-electron chi connectivity index (χ4n) is 0.633. The highest BCUT2D eigenvalue weighted by Gasteiger charge is 2.25. The summed E-state index contributed by atoms with van der Waals surface area (Å²) in [7, 11) is 0. The van der Waals surface area contributed by atoms with Crippen LogP contribution in [0.2, 0.25) is 0 Å². The Hall–Kier alpha value is -0.260. The largest absolute Gasteiger partial charge is 0.0805 e. The second-order valence-corrected chi connectivity index (χ2v) is 3.28. The summed E-state index contributed by atoms with van der Waals surface area (Å²) in [6.45, 7) is 6.78. The van der Waals surface area contributed by atoms with E-state index in [0.29, 0.717) is 5.41 Å². The Balaban J connectivity index is 2.38. The summed E-state index contributed by atoms with van der Waals surface area (Å²) in [4.78, 5) is 0. The summed E-state index contributed by atoms with van der Waals surface area (Å²) in [6.07, 6.45) is 4.50. The normalized spacial score (nSPS) is 20.4. The molecule has 0 bridgehead atoms. The van der Waals surface area contributed by atoms with Gasteiger partial charge in [0.1, 0.15) is 0 Å². The minimum atomic E-state index is 0.500. The fraction of sp³-hybridized carbons (Fsp3) is 0.714. The molecule has 0 saturated carbocycles. The van der Waals surface area contributed by atoms with Gasteiger partial charge < -0.3 is 0 Å². The molecule has 0 heterocycles. The van der Waals surface area contributed by atoms with Crippen molar-refractivity contribution in [3.8, 4) is 0 Å². The van der Waals surface area contributed by atoms with Crippen molar-refractivity contribution < 1.29 is 0 Å². The lowest BCUT2D eigenvalue weighted by molar-refractivity contribution is 0.375. The van der Waals surface area contributed by atoms with E-state index < -0.39 is 0 Å². The van der Waals surface area contributed by atoms with Gasteiger partial charge in [-0.1, -0.05) is 32.9 Å². The molecule has 0 spiro atoms. The molecule has 7 heavy (non-hydrogen) atoms. The van der Waals surface area contributed by atoms with Crippen molar-refractivity contribution in [2.24, 2.45) is 11.3 Å². The van der Waals surface area contributed by atoms with Crippen LogP contribution < -0.4 is 0 Å². The zero-order chi connectivity index (χ0) is 5.49. The molecule has 0 nitrogen and oxygen atoms in total. The molecule has 0 aromatic heterocycles. The third-order valence-electron chi connectivity index (χ3n) is 1.38. The Morgan fingerprint density at radius 2 is 1.57 bits per heavy atom. The van der Waals surface area contributed by atoms with Gasteiger partial charge in [-0.05, 0) is 11.3 Å². The first-order chi connectivity index (χ1) is 3.11. The van der Waals surface area contributed by atoms with Gasteiger partial charge in [0.05, 0.1) is 0 Å². The van der Waals surface area contributed by atoms with Crippen LogP contribution in [0.15, 0.2) is 12.2 Å². The average molecular weight is 96.2 g/mol. The molecule has 0 saturated heterocycles. The van der Waals surface area contributed by atoms with Crippen molar-refractivity contribution in [1.82, 2.24) is 0 Å². The number of hydrogen-bond donors (Lipinski definition) is 0. The number of rotatable bonds is 0. The maximum absolute atomic E-state index is 2.26. The second-order valence-electron chi connectivity index (χ2n) is 3.28. The predicted octanol–water partition coefficient (Wildman–Crippen LogP) is 2.22. The van der Waals surface area contributed by atoms with Gasteiger partial charge in [-0.3, -0.25) is 0 Å². The first-order valence-corrected chi connectivity index (χ1v) is 2.79. The van der Waals surface area contributed by atoms with E-state index in [4.69, 9.17) is 0 Å². The summed E-state index contributed by atoms with van der Waals surface area (Å²) in [6, 6.07) is 0. The molecule has 1 aliphatic carbocycles. The van der Waals surface area contributed by atoms with E-state index in [0.717, 1.165) is 5.92 Å². The first kappa shape index (κ1) is 4.89. The van der Waals surface area contributed by atoms with Gasteiger partial charge in [0.25, 0.3) is 0 Å². The van der Waals surface area contributed by atoms with Crippen LogP contribution in [0, 0.1) is 11.3 Å². The van der Waals surface area contributed by atoms with E-state index >= 15 is 0 Å². The maximum atomic E-state index is 2.26. The molecule has 1 rings (SSSR count). The quantitative estimate of drug-likeness (QED) is 0.406. The molecule has 1 aliphatic rings. The van der Waals surface area contributed by atoms with Gasteiger partial charge in [0.2, 0.25) is 0 Å². The summed E-state index contributed by atoms with van der Waals surface area (Å²) < 4.78 is 0. The monoisotopic (exact) mass is 96.1 g/mol. The van der Waals surface area contributed by atoms with Crippen molar-refractivity contribution in [2.75, 3.05) is 0 Å². The highest BCUT2D eigenvalue weighted by Crippen LogP contribution is 2.35. The highest BCUT2D eigenvalue weighted by molar-refractivity contribution is 5.17. The molecule has 0 heteroatoms. The lowest BCUT2D eigenvalue weighted by Gasteiger charge is -2.15. The Labute approximate surface area is 45.2 Å². The third kappa shape index (κ3) is 1.05. The molecule has 0 unspecified atom stereocenters. The van der Waals surface area contributed by atoms with Crippen molar-refractivity contribution in [2.45, 2.75) is 20.8 Å². The van der Waals surface area contributed by atoms with Crippen LogP contribution in [0.1, 0.15) is 20.8 Å². The number of hydrogen-bond acceptors (Lipinski definition) is 0. The predicted molar refractivity (Wildman–Crippen MR) is 32.1 cm³/mol. The number of allylic oxidation sites excluding steroid dienone is 2. The van der Waals surface area contributed by atoms with Gasteiger partial charge in [-0.15, -0.1) is 0 Å². The van der Waals surface area contributed by atoms with Gasteiger partial charge >= 0.3 is 0 Å². The van der Waals surface area contributed by atoms with Crippen LogP contribution in [-0.4, -0.2) is 0 Å². The SMILES string of the molecule is CC(C)(C)C1C=C1. The van der Waals surface area contributed by atoms with Crippen LogP contribution in [0.3, 0.4) is 0 Å². The van der Waals surface area contributed by atoms with Crippen molar-refractivity contribution in [3.05, 3.63) is 12.2 Å². The van der Waals surface area contributed by atoms with E-state index in [1.54, 1.807) is 0 Å². The van der Waals surface area contributed by atoms with Crippen molar-refractivity contribution in [1.29, 1.82) is 0 Å². The summed E-state index contributed by atoms with van der Waals surface area (Å²) in [5, 5.41) is 0. The molecular weight excluding hydrogens is 84.1 g/mol. The van der Waals surface area contributed by atoms with Crippen LogP contribution in [-0.2, 0) is 0 Å². The third-order valence-corrected chi connectivity index (χ3v) is 1.38. The molecule has 0 aromatic carbocycles. The molecule has 0 N–H and O–H groups in total. The Kier molecular flexibility index (Phi) is 0.781. The van der Waals surface area contributed by atoms with Crippen molar-refractivity contribution >= 4 is 0 Å². The smallest absolute Gasteiger partial charge is 0.000444 e. The molecule has 0 atom stereocenters. The van der Waals surface area contributed by atoms with E-state index in [1.807, 2.05) is 0 Å². The first-order valence-electron chi connectivity index (χ1n) is 2.79. The van der Waals surface area contributed by atoms with Crippen LogP contribution in [0.4, 0.5) is 0 Å². The van der Waals surface area contributed by atoms with E-state index in [2.05, 4.69) is 32.9 Å². The van der Waals surface area contributed by atoms with Crippen LogP contribution in [0.25, 0.3) is 0 Å². The van der Waals surface area contributed by atoms with Gasteiger partial charge in [0.15, 0.2) is 0 Å². The lowest BCUT2D eigenvalue weighted by Crippen LogP contribution is -2.07.